The van der Waals surface area contributed by atoms with Gasteiger partial charge in [-0.2, -0.15) is 0 Å². The molecular formula is C20H21ClN2O4S. The molecular weight excluding hydrogens is 400 g/mol. The lowest BCUT2D eigenvalue weighted by atomic mass is 9.95. The van der Waals surface area contributed by atoms with Gasteiger partial charge in [-0.25, -0.2) is 4.79 Å². The normalized spacial score (nSPS) is 14.3. The van der Waals surface area contributed by atoms with E-state index < -0.39 is 5.97 Å². The molecule has 2 amide bonds. The van der Waals surface area contributed by atoms with E-state index in [1.807, 2.05) is 0 Å². The first-order valence-electron chi connectivity index (χ1n) is 9.14. The molecule has 0 atom stereocenters. The van der Waals surface area contributed by atoms with Crippen LogP contribution in [0.4, 0.5) is 5.69 Å². The first kappa shape index (κ1) is 20.4. The summed E-state index contributed by atoms with van der Waals surface area (Å²) in [5, 5.41) is 7.72. The van der Waals surface area contributed by atoms with Crippen molar-refractivity contribution in [1.82, 2.24) is 5.32 Å². The molecule has 0 bridgehead atoms. The van der Waals surface area contributed by atoms with Crippen molar-refractivity contribution in [2.24, 2.45) is 0 Å². The summed E-state index contributed by atoms with van der Waals surface area (Å²) < 4.78 is 5.14. The number of hydrogen-bond acceptors (Lipinski definition) is 5. The number of nitrogens with one attached hydrogen (secondary N) is 2. The van der Waals surface area contributed by atoms with Gasteiger partial charge in [0.2, 0.25) is 0 Å². The van der Waals surface area contributed by atoms with Crippen molar-refractivity contribution in [1.29, 1.82) is 0 Å². The third-order valence-electron chi connectivity index (χ3n) is 4.50. The molecule has 0 saturated heterocycles. The van der Waals surface area contributed by atoms with E-state index in [9.17, 15) is 14.4 Å². The van der Waals surface area contributed by atoms with E-state index in [1.165, 1.54) is 36.0 Å². The Labute approximate surface area is 172 Å². The Morgan fingerprint density at radius 2 is 1.93 bits per heavy atom. The molecule has 2 aromatic rings. The number of rotatable bonds is 6. The fraction of sp³-hybridized carbons (Fsp3) is 0.350. The van der Waals surface area contributed by atoms with Crippen LogP contribution in [0.25, 0.3) is 0 Å². The van der Waals surface area contributed by atoms with Gasteiger partial charge in [-0.3, -0.25) is 9.59 Å². The number of esters is 1. The summed E-state index contributed by atoms with van der Waals surface area (Å²) in [5.41, 5.74) is 0.378. The van der Waals surface area contributed by atoms with Gasteiger partial charge in [0.25, 0.3) is 11.8 Å². The van der Waals surface area contributed by atoms with Crippen LogP contribution in [0, 0.1) is 0 Å². The van der Waals surface area contributed by atoms with Crippen LogP contribution < -0.4 is 10.6 Å². The summed E-state index contributed by atoms with van der Waals surface area (Å²) >= 11 is 7.29. The lowest BCUT2D eigenvalue weighted by Crippen LogP contribution is -2.38. The Morgan fingerprint density at radius 1 is 1.14 bits per heavy atom. The molecule has 0 radical (unpaired) electrons. The van der Waals surface area contributed by atoms with Crippen LogP contribution in [-0.4, -0.2) is 30.4 Å². The standard InChI is InChI=1S/C20H21ClN2O4S/c21-13-8-9-15(16(11-13)23-19(25)17-7-4-10-28-17)20(26)27-12-18(24)22-14-5-2-1-3-6-14/h4,7-11,14H,1-3,5-6,12H2,(H,22,24)(H,23,25). The molecule has 1 saturated carbocycles. The number of ether oxygens (including phenoxy) is 1. The molecule has 2 N–H and O–H groups in total. The number of amides is 2. The maximum absolute atomic E-state index is 12.4. The molecule has 28 heavy (non-hydrogen) atoms. The number of thiophene rings is 1. The smallest absolute Gasteiger partial charge is 0.340 e. The van der Waals surface area contributed by atoms with Gasteiger partial charge in [0.15, 0.2) is 6.61 Å². The highest BCUT2D eigenvalue weighted by Gasteiger charge is 2.20. The first-order valence-corrected chi connectivity index (χ1v) is 10.4. The fourth-order valence-corrected chi connectivity index (χ4v) is 3.91. The Bertz CT molecular complexity index is 848. The number of benzene rings is 1. The fourth-order valence-electron chi connectivity index (χ4n) is 3.11. The second-order valence-electron chi connectivity index (χ2n) is 6.60. The Balaban J connectivity index is 1.61. The Morgan fingerprint density at radius 3 is 2.64 bits per heavy atom. The highest BCUT2D eigenvalue weighted by atomic mass is 35.5. The van der Waals surface area contributed by atoms with Crippen LogP contribution >= 0.6 is 22.9 Å². The predicted octanol–water partition coefficient (Wildman–Crippen LogP) is 4.26. The molecule has 6 nitrogen and oxygen atoms in total. The zero-order chi connectivity index (χ0) is 19.9. The third-order valence-corrected chi connectivity index (χ3v) is 5.60. The average Bonchev–Trinajstić information content (AvgIpc) is 3.22. The van der Waals surface area contributed by atoms with Crippen molar-refractivity contribution in [3.8, 4) is 0 Å². The molecule has 148 valence electrons. The number of carbonyl (C=O) groups excluding carboxylic acids is 3. The van der Waals surface area contributed by atoms with Crippen LogP contribution in [-0.2, 0) is 9.53 Å². The van der Waals surface area contributed by atoms with Crippen molar-refractivity contribution < 1.29 is 19.1 Å². The summed E-state index contributed by atoms with van der Waals surface area (Å²) in [6.45, 7) is -0.365. The third kappa shape index (κ3) is 5.56. The lowest BCUT2D eigenvalue weighted by Gasteiger charge is -2.22. The van der Waals surface area contributed by atoms with E-state index in [2.05, 4.69) is 10.6 Å². The van der Waals surface area contributed by atoms with E-state index in [-0.39, 0.29) is 35.7 Å². The van der Waals surface area contributed by atoms with E-state index in [0.29, 0.717) is 9.90 Å². The minimum Gasteiger partial charge on any atom is -0.452 e. The molecule has 0 unspecified atom stereocenters. The lowest BCUT2D eigenvalue weighted by molar-refractivity contribution is -0.125. The SMILES string of the molecule is O=C(COC(=O)c1ccc(Cl)cc1NC(=O)c1cccs1)NC1CCCCC1. The molecule has 1 aliphatic carbocycles. The maximum Gasteiger partial charge on any atom is 0.340 e. The van der Waals surface area contributed by atoms with Crippen molar-refractivity contribution in [3.05, 3.63) is 51.2 Å². The largest absolute Gasteiger partial charge is 0.452 e. The number of carbonyl (C=O) groups is 3. The summed E-state index contributed by atoms with van der Waals surface area (Å²) in [7, 11) is 0. The van der Waals surface area contributed by atoms with E-state index >= 15 is 0 Å². The minimum atomic E-state index is -0.697. The highest BCUT2D eigenvalue weighted by molar-refractivity contribution is 7.12. The molecule has 1 heterocycles. The Kier molecular flexibility index (Phi) is 7.06. The summed E-state index contributed by atoms with van der Waals surface area (Å²) in [6, 6.07) is 8.06. The predicted molar refractivity (Wildman–Crippen MR) is 109 cm³/mol. The quantitative estimate of drug-likeness (QED) is 0.684. The first-order chi connectivity index (χ1) is 13.5. The van der Waals surface area contributed by atoms with Crippen LogP contribution in [0.3, 0.4) is 0 Å². The zero-order valence-corrected chi connectivity index (χ0v) is 16.8. The summed E-state index contributed by atoms with van der Waals surface area (Å²) in [4.78, 5) is 37.3. The number of halogens is 1. The summed E-state index contributed by atoms with van der Waals surface area (Å²) in [5.74, 6) is -1.36. The number of anilines is 1. The van der Waals surface area contributed by atoms with Gasteiger partial charge in [-0.15, -0.1) is 11.3 Å². The molecule has 1 aromatic heterocycles. The molecule has 0 aliphatic heterocycles. The average molecular weight is 421 g/mol. The molecule has 3 rings (SSSR count). The molecule has 1 aromatic carbocycles. The monoisotopic (exact) mass is 420 g/mol. The van der Waals surface area contributed by atoms with Crippen LogP contribution in [0.1, 0.15) is 52.1 Å². The second kappa shape index (κ2) is 9.71. The van der Waals surface area contributed by atoms with Crippen LogP contribution in [0.5, 0.6) is 0 Å². The van der Waals surface area contributed by atoms with E-state index in [0.717, 1.165) is 25.7 Å². The van der Waals surface area contributed by atoms with Crippen LogP contribution in [0.15, 0.2) is 35.7 Å². The van der Waals surface area contributed by atoms with Gasteiger partial charge in [-0.05, 0) is 42.5 Å². The van der Waals surface area contributed by atoms with Gasteiger partial charge in [0.1, 0.15) is 0 Å². The minimum absolute atomic E-state index is 0.139. The van der Waals surface area contributed by atoms with E-state index in [4.69, 9.17) is 16.3 Å². The van der Waals surface area contributed by atoms with Gasteiger partial charge >= 0.3 is 5.97 Å². The van der Waals surface area contributed by atoms with Gasteiger partial charge in [0.05, 0.1) is 16.1 Å². The molecule has 0 spiro atoms. The second-order valence-corrected chi connectivity index (χ2v) is 7.98. The van der Waals surface area contributed by atoms with Gasteiger partial charge in [-0.1, -0.05) is 36.9 Å². The number of hydrogen-bond donors (Lipinski definition) is 2. The van der Waals surface area contributed by atoms with Crippen molar-refractivity contribution >= 4 is 46.4 Å². The highest BCUT2D eigenvalue weighted by Crippen LogP contribution is 2.23. The van der Waals surface area contributed by atoms with Gasteiger partial charge in [0, 0.05) is 11.1 Å². The molecule has 8 heteroatoms. The van der Waals surface area contributed by atoms with Crippen molar-refractivity contribution in [2.75, 3.05) is 11.9 Å². The zero-order valence-electron chi connectivity index (χ0n) is 15.2. The van der Waals surface area contributed by atoms with E-state index in [1.54, 1.807) is 17.5 Å². The molecule has 1 aliphatic rings. The van der Waals surface area contributed by atoms with Crippen molar-refractivity contribution in [2.45, 2.75) is 38.1 Å². The van der Waals surface area contributed by atoms with Crippen LogP contribution in [0.2, 0.25) is 5.02 Å². The molecule has 1 fully saturated rings. The Hall–Kier alpha value is -2.38. The van der Waals surface area contributed by atoms with Crippen molar-refractivity contribution in [3.63, 3.8) is 0 Å². The topological polar surface area (TPSA) is 84.5 Å². The maximum atomic E-state index is 12.4. The summed E-state index contributed by atoms with van der Waals surface area (Å²) in [6.07, 6.45) is 5.30. The van der Waals surface area contributed by atoms with Gasteiger partial charge < -0.3 is 15.4 Å².